The highest BCUT2D eigenvalue weighted by Gasteiger charge is 2.31. The smallest absolute Gasteiger partial charge is 0.321 e. The van der Waals surface area contributed by atoms with Gasteiger partial charge in [-0.25, -0.2) is 0 Å². The van der Waals surface area contributed by atoms with Gasteiger partial charge in [-0.1, -0.05) is 22.0 Å². The highest BCUT2D eigenvalue weighted by atomic mass is 79.9. The summed E-state index contributed by atoms with van der Waals surface area (Å²) in [6.45, 7) is 1.22. The van der Waals surface area contributed by atoms with Crippen LogP contribution >= 0.6 is 15.9 Å². The molecular formula is C16H11BrF3NO2. The van der Waals surface area contributed by atoms with Gasteiger partial charge in [0.1, 0.15) is 0 Å². The van der Waals surface area contributed by atoms with Crippen LogP contribution in [0.3, 0.4) is 0 Å². The maximum atomic E-state index is 12.8. The van der Waals surface area contributed by atoms with Crippen molar-refractivity contribution in [3.05, 3.63) is 63.6 Å². The number of halogens is 4. The van der Waals surface area contributed by atoms with Gasteiger partial charge in [0, 0.05) is 15.6 Å². The number of hydrogen-bond acceptors (Lipinski definition) is 2. The van der Waals surface area contributed by atoms with Crippen molar-refractivity contribution in [2.75, 3.05) is 5.32 Å². The molecule has 3 nitrogen and oxygen atoms in total. The predicted molar refractivity (Wildman–Crippen MR) is 83.5 cm³/mol. The SMILES string of the molecule is CC(=O)c1ccc(C(F)(F)F)cc1NC(=O)c1cccc(Br)c1. The molecule has 2 aromatic rings. The van der Waals surface area contributed by atoms with Gasteiger partial charge in [0.25, 0.3) is 5.91 Å². The summed E-state index contributed by atoms with van der Waals surface area (Å²) < 4.78 is 39.1. The first-order chi connectivity index (χ1) is 10.7. The highest BCUT2D eigenvalue weighted by Crippen LogP contribution is 2.32. The quantitative estimate of drug-likeness (QED) is 0.761. The lowest BCUT2D eigenvalue weighted by molar-refractivity contribution is -0.137. The zero-order valence-corrected chi connectivity index (χ0v) is 13.5. The molecule has 0 saturated heterocycles. The van der Waals surface area contributed by atoms with E-state index in [4.69, 9.17) is 0 Å². The maximum Gasteiger partial charge on any atom is 0.416 e. The molecule has 0 radical (unpaired) electrons. The van der Waals surface area contributed by atoms with Crippen molar-refractivity contribution in [3.63, 3.8) is 0 Å². The molecule has 0 spiro atoms. The van der Waals surface area contributed by atoms with Crippen LogP contribution in [-0.2, 0) is 6.18 Å². The van der Waals surface area contributed by atoms with Crippen LogP contribution in [-0.4, -0.2) is 11.7 Å². The lowest BCUT2D eigenvalue weighted by Gasteiger charge is -2.13. The Morgan fingerprint density at radius 2 is 1.78 bits per heavy atom. The van der Waals surface area contributed by atoms with Crippen LogP contribution in [0.4, 0.5) is 18.9 Å². The largest absolute Gasteiger partial charge is 0.416 e. The molecule has 0 heterocycles. The minimum Gasteiger partial charge on any atom is -0.321 e. The van der Waals surface area contributed by atoms with Crippen LogP contribution in [0.15, 0.2) is 46.9 Å². The summed E-state index contributed by atoms with van der Waals surface area (Å²) in [5.41, 5.74) is -0.836. The van der Waals surface area contributed by atoms with Crippen molar-refractivity contribution in [1.29, 1.82) is 0 Å². The Morgan fingerprint density at radius 1 is 1.09 bits per heavy atom. The molecule has 0 aromatic heterocycles. The number of anilines is 1. The summed E-state index contributed by atoms with van der Waals surface area (Å²) in [5, 5.41) is 2.37. The van der Waals surface area contributed by atoms with Gasteiger partial charge in [0.05, 0.1) is 11.3 Å². The number of carbonyl (C=O) groups is 2. The Morgan fingerprint density at radius 3 is 2.35 bits per heavy atom. The average molecular weight is 386 g/mol. The number of carbonyl (C=O) groups excluding carboxylic acids is 2. The molecule has 23 heavy (non-hydrogen) atoms. The zero-order valence-electron chi connectivity index (χ0n) is 11.9. The zero-order chi connectivity index (χ0) is 17.2. The number of hydrogen-bond donors (Lipinski definition) is 1. The highest BCUT2D eigenvalue weighted by molar-refractivity contribution is 9.10. The molecule has 1 amide bonds. The third-order valence-electron chi connectivity index (χ3n) is 3.06. The summed E-state index contributed by atoms with van der Waals surface area (Å²) >= 11 is 3.21. The molecule has 0 unspecified atom stereocenters. The van der Waals surface area contributed by atoms with Gasteiger partial charge in [-0.2, -0.15) is 13.2 Å². The van der Waals surface area contributed by atoms with E-state index in [1.165, 1.54) is 19.1 Å². The van der Waals surface area contributed by atoms with E-state index in [1.807, 2.05) is 0 Å². The first-order valence-corrected chi connectivity index (χ1v) is 7.27. The summed E-state index contributed by atoms with van der Waals surface area (Å²) in [4.78, 5) is 23.7. The van der Waals surface area contributed by atoms with Gasteiger partial charge in [-0.15, -0.1) is 0 Å². The second-order valence-electron chi connectivity index (χ2n) is 4.78. The molecule has 0 aliphatic rings. The second kappa shape index (κ2) is 6.54. The molecular weight excluding hydrogens is 375 g/mol. The summed E-state index contributed by atoms with van der Waals surface area (Å²) in [6, 6.07) is 9.00. The molecule has 7 heteroatoms. The van der Waals surface area contributed by atoms with Gasteiger partial charge in [-0.3, -0.25) is 9.59 Å². The fourth-order valence-corrected chi connectivity index (χ4v) is 2.35. The molecule has 0 aliphatic heterocycles. The summed E-state index contributed by atoms with van der Waals surface area (Å²) in [5.74, 6) is -1.05. The third kappa shape index (κ3) is 4.19. The Labute approximate surface area is 138 Å². The van der Waals surface area contributed by atoms with E-state index in [2.05, 4.69) is 21.2 Å². The van der Waals surface area contributed by atoms with E-state index < -0.39 is 23.4 Å². The Hall–Kier alpha value is -2.15. The number of ketones is 1. The number of alkyl halides is 3. The number of amides is 1. The van der Waals surface area contributed by atoms with Gasteiger partial charge in [0.15, 0.2) is 5.78 Å². The van der Waals surface area contributed by atoms with Crippen LogP contribution in [0.25, 0.3) is 0 Å². The molecule has 2 aromatic carbocycles. The van der Waals surface area contributed by atoms with Crippen molar-refractivity contribution < 1.29 is 22.8 Å². The normalized spacial score (nSPS) is 11.2. The van der Waals surface area contributed by atoms with Crippen LogP contribution in [0, 0.1) is 0 Å². The second-order valence-corrected chi connectivity index (χ2v) is 5.69. The van der Waals surface area contributed by atoms with E-state index in [1.54, 1.807) is 12.1 Å². The van der Waals surface area contributed by atoms with Gasteiger partial charge in [-0.05, 0) is 43.3 Å². The minimum atomic E-state index is -4.56. The van der Waals surface area contributed by atoms with Crippen molar-refractivity contribution in [2.45, 2.75) is 13.1 Å². The fraction of sp³-hybridized carbons (Fsp3) is 0.125. The van der Waals surface area contributed by atoms with Crippen LogP contribution < -0.4 is 5.32 Å². The number of Topliss-reactive ketones (excluding diaryl/α,β-unsaturated/α-hetero) is 1. The van der Waals surface area contributed by atoms with E-state index in [9.17, 15) is 22.8 Å². The molecule has 0 aliphatic carbocycles. The summed E-state index contributed by atoms with van der Waals surface area (Å²) in [7, 11) is 0. The molecule has 0 saturated carbocycles. The molecule has 120 valence electrons. The van der Waals surface area contributed by atoms with Crippen LogP contribution in [0.2, 0.25) is 0 Å². The van der Waals surface area contributed by atoms with Gasteiger partial charge < -0.3 is 5.32 Å². The lowest BCUT2D eigenvalue weighted by atomic mass is 10.0. The first-order valence-electron chi connectivity index (χ1n) is 6.47. The first kappa shape index (κ1) is 17.2. The standard InChI is InChI=1S/C16H11BrF3NO2/c1-9(22)13-6-5-11(16(18,19)20)8-14(13)21-15(23)10-3-2-4-12(17)7-10/h2-8H,1H3,(H,21,23). The van der Waals surface area contributed by atoms with Crippen molar-refractivity contribution >= 4 is 33.3 Å². The molecule has 0 fully saturated rings. The van der Waals surface area contributed by atoms with E-state index in [-0.39, 0.29) is 16.8 Å². The Balaban J connectivity index is 2.40. The van der Waals surface area contributed by atoms with Crippen molar-refractivity contribution in [3.8, 4) is 0 Å². The van der Waals surface area contributed by atoms with Crippen LogP contribution in [0.1, 0.15) is 33.2 Å². The Bertz CT molecular complexity index is 772. The van der Waals surface area contributed by atoms with Gasteiger partial charge >= 0.3 is 6.18 Å². The maximum absolute atomic E-state index is 12.8. The molecule has 2 rings (SSSR count). The third-order valence-corrected chi connectivity index (χ3v) is 3.55. The Kier molecular flexibility index (Phi) is 4.89. The predicted octanol–water partition coefficient (Wildman–Crippen LogP) is 4.92. The van der Waals surface area contributed by atoms with E-state index >= 15 is 0 Å². The molecule has 0 atom stereocenters. The minimum absolute atomic E-state index is 0.0151. The number of nitrogens with one attached hydrogen (secondary N) is 1. The van der Waals surface area contributed by atoms with E-state index in [0.29, 0.717) is 4.47 Å². The fourth-order valence-electron chi connectivity index (χ4n) is 1.96. The summed E-state index contributed by atoms with van der Waals surface area (Å²) in [6.07, 6.45) is -4.56. The van der Waals surface area contributed by atoms with E-state index in [0.717, 1.165) is 18.2 Å². The molecule has 1 N–H and O–H groups in total. The molecule has 0 bridgehead atoms. The monoisotopic (exact) mass is 385 g/mol. The average Bonchev–Trinajstić information content (AvgIpc) is 2.46. The lowest BCUT2D eigenvalue weighted by Crippen LogP contribution is -2.16. The van der Waals surface area contributed by atoms with Crippen molar-refractivity contribution in [1.82, 2.24) is 0 Å². The number of rotatable bonds is 3. The van der Waals surface area contributed by atoms with Crippen molar-refractivity contribution in [2.24, 2.45) is 0 Å². The van der Waals surface area contributed by atoms with Gasteiger partial charge in [0.2, 0.25) is 0 Å². The van der Waals surface area contributed by atoms with Crippen LogP contribution in [0.5, 0.6) is 0 Å². The number of benzene rings is 2. The topological polar surface area (TPSA) is 46.2 Å².